The molecule has 1 aliphatic heterocycles. The van der Waals surface area contributed by atoms with Gasteiger partial charge in [0.1, 0.15) is 0 Å². The summed E-state index contributed by atoms with van der Waals surface area (Å²) in [5.74, 6) is 0.199. The lowest BCUT2D eigenvalue weighted by Crippen LogP contribution is -2.45. The Morgan fingerprint density at radius 3 is 2.67 bits per heavy atom. The van der Waals surface area contributed by atoms with Crippen LogP contribution >= 0.6 is 0 Å². The number of carbonyl (C=O) groups is 2. The van der Waals surface area contributed by atoms with E-state index in [0.717, 1.165) is 12.8 Å². The van der Waals surface area contributed by atoms with Crippen LogP contribution in [0.3, 0.4) is 0 Å². The zero-order valence-electron chi connectivity index (χ0n) is 10.9. The largest absolute Gasteiger partial charge is 0.370 e. The van der Waals surface area contributed by atoms with Crippen molar-refractivity contribution in [1.82, 2.24) is 10.2 Å². The number of imide groups is 1. The Hall–Kier alpha value is -1.59. The van der Waals surface area contributed by atoms with Crippen molar-refractivity contribution in [3.8, 4) is 0 Å². The second-order valence-electron chi connectivity index (χ2n) is 4.34. The second kappa shape index (κ2) is 7.68. The van der Waals surface area contributed by atoms with Crippen LogP contribution in [-0.2, 0) is 9.59 Å². The predicted molar refractivity (Wildman–Crippen MR) is 70.0 cm³/mol. The molecule has 0 unspecified atom stereocenters. The highest BCUT2D eigenvalue weighted by Crippen LogP contribution is 2.11. The monoisotopic (exact) mass is 254 g/mol. The summed E-state index contributed by atoms with van der Waals surface area (Å²) in [6, 6.07) is 0. The third-order valence-corrected chi connectivity index (χ3v) is 2.82. The number of nitrogens with one attached hydrogen (secondary N) is 1. The van der Waals surface area contributed by atoms with Gasteiger partial charge in [-0.3, -0.25) is 19.5 Å². The van der Waals surface area contributed by atoms with Gasteiger partial charge in [0.05, 0.1) is 0 Å². The number of hydrogen-bond acceptors (Lipinski definition) is 3. The van der Waals surface area contributed by atoms with E-state index in [1.807, 2.05) is 0 Å². The van der Waals surface area contributed by atoms with Gasteiger partial charge in [0.25, 0.3) is 0 Å². The highest BCUT2D eigenvalue weighted by Gasteiger charge is 2.24. The van der Waals surface area contributed by atoms with E-state index in [2.05, 4.69) is 17.2 Å². The van der Waals surface area contributed by atoms with Crippen LogP contribution in [0.4, 0.5) is 0 Å². The molecular formula is C12H22N4O2. The molecule has 0 radical (unpaired) electrons. The van der Waals surface area contributed by atoms with Gasteiger partial charge in [-0.2, -0.15) is 0 Å². The number of aliphatic imine (C=N–C) groups is 1. The van der Waals surface area contributed by atoms with Gasteiger partial charge in [-0.25, -0.2) is 0 Å². The minimum absolute atomic E-state index is 0.0884. The number of likely N-dealkylation sites (tertiary alicyclic amines) is 1. The molecule has 0 saturated carbocycles. The van der Waals surface area contributed by atoms with Crippen molar-refractivity contribution < 1.29 is 9.59 Å². The number of carbonyl (C=O) groups excluding carboxylic acids is 2. The standard InChI is InChI=1S/C12H22N4O2/c1-2-3-7-14-12(13)15-8-9-16-10(17)5-4-6-11(16)18/h2-9H2,1H3,(H3,13,14,15). The van der Waals surface area contributed by atoms with Gasteiger partial charge < -0.3 is 11.1 Å². The summed E-state index contributed by atoms with van der Waals surface area (Å²) in [5, 5.41) is 2.91. The first kappa shape index (κ1) is 14.5. The van der Waals surface area contributed by atoms with Crippen molar-refractivity contribution in [3.05, 3.63) is 0 Å². The molecule has 0 bridgehead atoms. The lowest BCUT2D eigenvalue weighted by molar-refractivity contribution is -0.147. The van der Waals surface area contributed by atoms with Crippen LogP contribution < -0.4 is 11.1 Å². The minimum Gasteiger partial charge on any atom is -0.370 e. The van der Waals surface area contributed by atoms with Crippen molar-refractivity contribution in [2.75, 3.05) is 19.6 Å². The molecule has 0 aromatic heterocycles. The molecule has 0 atom stereocenters. The van der Waals surface area contributed by atoms with Gasteiger partial charge in [0.2, 0.25) is 11.8 Å². The Labute approximate surface area is 108 Å². The normalized spacial score (nSPS) is 17.2. The molecule has 3 N–H and O–H groups in total. The Morgan fingerprint density at radius 1 is 1.39 bits per heavy atom. The van der Waals surface area contributed by atoms with Gasteiger partial charge in [-0.05, 0) is 12.8 Å². The fourth-order valence-corrected chi connectivity index (χ4v) is 1.76. The fraction of sp³-hybridized carbons (Fsp3) is 0.750. The van der Waals surface area contributed by atoms with E-state index in [4.69, 9.17) is 5.73 Å². The maximum Gasteiger partial charge on any atom is 0.229 e. The summed E-state index contributed by atoms with van der Waals surface area (Å²) < 4.78 is 0. The highest BCUT2D eigenvalue weighted by molar-refractivity contribution is 5.97. The molecule has 0 aromatic rings. The first-order valence-electron chi connectivity index (χ1n) is 6.52. The quantitative estimate of drug-likeness (QED) is 0.307. The maximum atomic E-state index is 11.5. The van der Waals surface area contributed by atoms with E-state index < -0.39 is 0 Å². The van der Waals surface area contributed by atoms with Crippen LogP contribution in [0.1, 0.15) is 39.0 Å². The Bertz CT molecular complexity index is 312. The summed E-state index contributed by atoms with van der Waals surface area (Å²) in [4.78, 5) is 28.4. The van der Waals surface area contributed by atoms with Crippen LogP contribution in [0.2, 0.25) is 0 Å². The van der Waals surface area contributed by atoms with Crippen molar-refractivity contribution in [3.63, 3.8) is 0 Å². The third kappa shape index (κ3) is 4.73. The lowest BCUT2D eigenvalue weighted by Gasteiger charge is -2.24. The number of unbranched alkanes of at least 4 members (excludes halogenated alkanes) is 1. The Morgan fingerprint density at radius 2 is 2.06 bits per heavy atom. The van der Waals surface area contributed by atoms with Crippen LogP contribution in [0.5, 0.6) is 0 Å². The molecule has 6 nitrogen and oxygen atoms in total. The first-order chi connectivity index (χ1) is 8.65. The number of guanidine groups is 1. The van der Waals surface area contributed by atoms with E-state index in [-0.39, 0.29) is 11.8 Å². The lowest BCUT2D eigenvalue weighted by atomic mass is 10.1. The van der Waals surface area contributed by atoms with Crippen LogP contribution in [-0.4, -0.2) is 42.3 Å². The number of amides is 2. The van der Waals surface area contributed by atoms with Gasteiger partial charge in [-0.15, -0.1) is 0 Å². The highest BCUT2D eigenvalue weighted by atomic mass is 16.2. The topological polar surface area (TPSA) is 87.8 Å². The summed E-state index contributed by atoms with van der Waals surface area (Å²) in [5.41, 5.74) is 5.65. The van der Waals surface area contributed by atoms with Gasteiger partial charge >= 0.3 is 0 Å². The first-order valence-corrected chi connectivity index (χ1v) is 6.52. The van der Waals surface area contributed by atoms with Crippen molar-refractivity contribution in [2.24, 2.45) is 10.7 Å². The Balaban J connectivity index is 2.25. The van der Waals surface area contributed by atoms with E-state index in [9.17, 15) is 9.59 Å². The average Bonchev–Trinajstić information content (AvgIpc) is 2.33. The zero-order chi connectivity index (χ0) is 13.4. The van der Waals surface area contributed by atoms with Gasteiger partial charge in [0, 0.05) is 32.5 Å². The maximum absolute atomic E-state index is 11.5. The SMILES string of the molecule is CCCCN=C(N)NCCN1C(=O)CCCC1=O. The molecule has 2 amide bonds. The second-order valence-corrected chi connectivity index (χ2v) is 4.34. The molecule has 1 fully saturated rings. The fourth-order valence-electron chi connectivity index (χ4n) is 1.76. The van der Waals surface area contributed by atoms with Crippen molar-refractivity contribution >= 4 is 17.8 Å². The number of nitrogens with zero attached hydrogens (tertiary/aromatic N) is 2. The summed E-state index contributed by atoms with van der Waals surface area (Å²) in [7, 11) is 0. The molecule has 18 heavy (non-hydrogen) atoms. The van der Waals surface area contributed by atoms with Gasteiger partial charge in [-0.1, -0.05) is 13.3 Å². The average molecular weight is 254 g/mol. The number of nitrogens with two attached hydrogens (primary N) is 1. The van der Waals surface area contributed by atoms with E-state index in [0.29, 0.717) is 44.9 Å². The summed E-state index contributed by atoms with van der Waals surface area (Å²) in [6.07, 6.45) is 3.68. The Kier molecular flexibility index (Phi) is 6.18. The van der Waals surface area contributed by atoms with E-state index in [1.165, 1.54) is 4.90 Å². The molecule has 1 heterocycles. The molecular weight excluding hydrogens is 232 g/mol. The smallest absolute Gasteiger partial charge is 0.229 e. The van der Waals surface area contributed by atoms with E-state index in [1.54, 1.807) is 0 Å². The van der Waals surface area contributed by atoms with Gasteiger partial charge in [0.15, 0.2) is 5.96 Å². The predicted octanol–water partition coefficient (Wildman–Crippen LogP) is 0.230. The van der Waals surface area contributed by atoms with Crippen LogP contribution in [0.15, 0.2) is 4.99 Å². The molecule has 0 spiro atoms. The summed E-state index contributed by atoms with van der Waals surface area (Å²) in [6.45, 7) is 3.62. The molecule has 1 saturated heterocycles. The zero-order valence-corrected chi connectivity index (χ0v) is 10.9. The molecule has 1 rings (SSSR count). The molecule has 1 aliphatic rings. The number of hydrogen-bond donors (Lipinski definition) is 2. The molecule has 0 aliphatic carbocycles. The van der Waals surface area contributed by atoms with Crippen LogP contribution in [0.25, 0.3) is 0 Å². The van der Waals surface area contributed by atoms with Crippen molar-refractivity contribution in [1.29, 1.82) is 0 Å². The third-order valence-electron chi connectivity index (χ3n) is 2.82. The number of rotatable bonds is 6. The molecule has 0 aromatic carbocycles. The minimum atomic E-state index is -0.0884. The van der Waals surface area contributed by atoms with Crippen LogP contribution in [0, 0.1) is 0 Å². The molecule has 102 valence electrons. The molecule has 6 heteroatoms. The van der Waals surface area contributed by atoms with E-state index >= 15 is 0 Å². The number of piperidine rings is 1. The summed E-state index contributed by atoms with van der Waals surface area (Å²) >= 11 is 0. The van der Waals surface area contributed by atoms with Crippen molar-refractivity contribution in [2.45, 2.75) is 39.0 Å².